The predicted octanol–water partition coefficient (Wildman–Crippen LogP) is 4.01. The molecule has 0 N–H and O–H groups in total. The van der Waals surface area contributed by atoms with Crippen LogP contribution in [0.1, 0.15) is 16.6 Å². The third kappa shape index (κ3) is 3.32. The summed E-state index contributed by atoms with van der Waals surface area (Å²) in [5.74, 6) is 0. The van der Waals surface area contributed by atoms with E-state index in [1.54, 1.807) is 11.3 Å². The number of piperazine rings is 1. The number of hydrogen-bond donors (Lipinski definition) is 0. The fourth-order valence-electron chi connectivity index (χ4n) is 3.74. The first-order chi connectivity index (χ1) is 13.3. The minimum atomic E-state index is 0.267. The van der Waals surface area contributed by atoms with E-state index in [0.717, 1.165) is 37.4 Å². The topological polar surface area (TPSA) is 36.7 Å². The van der Waals surface area contributed by atoms with Gasteiger partial charge in [0.2, 0.25) is 0 Å². The first-order valence-electron chi connectivity index (χ1n) is 9.10. The van der Waals surface area contributed by atoms with Gasteiger partial charge in [-0.1, -0.05) is 17.3 Å². The van der Waals surface area contributed by atoms with Gasteiger partial charge in [0, 0.05) is 42.8 Å². The molecule has 138 valence electrons. The second-order valence-corrected chi connectivity index (χ2v) is 8.86. The van der Waals surface area contributed by atoms with Crippen LogP contribution in [-0.2, 0) is 6.54 Å². The van der Waals surface area contributed by atoms with Crippen molar-refractivity contribution in [1.29, 1.82) is 0 Å². The number of nitrogens with zero attached hydrogens (tertiary/aromatic N) is 5. The van der Waals surface area contributed by atoms with Crippen LogP contribution < -0.4 is 0 Å². The normalized spacial score (nSPS) is 19.1. The maximum Gasteiger partial charge on any atom is 0.109 e. The highest BCUT2D eigenvalue weighted by atomic mass is 32.1. The van der Waals surface area contributed by atoms with Crippen molar-refractivity contribution in [2.24, 2.45) is 0 Å². The van der Waals surface area contributed by atoms with Gasteiger partial charge < -0.3 is 0 Å². The average Bonchev–Trinajstić information content (AvgIpc) is 3.44. The molecule has 1 fully saturated rings. The Balaban J connectivity index is 1.43. The predicted molar refractivity (Wildman–Crippen MR) is 111 cm³/mol. The first-order valence-corrected chi connectivity index (χ1v) is 10.9. The monoisotopic (exact) mass is 395 g/mol. The third-order valence-electron chi connectivity index (χ3n) is 5.30. The molecule has 0 radical (unpaired) electrons. The van der Waals surface area contributed by atoms with Crippen molar-refractivity contribution >= 4 is 28.2 Å². The van der Waals surface area contributed by atoms with Gasteiger partial charge in [0.1, 0.15) is 5.69 Å². The Kier molecular flexibility index (Phi) is 4.53. The molecule has 4 aromatic rings. The van der Waals surface area contributed by atoms with Crippen molar-refractivity contribution in [2.75, 3.05) is 26.7 Å². The first kappa shape index (κ1) is 17.1. The van der Waals surface area contributed by atoms with Gasteiger partial charge in [0.25, 0.3) is 0 Å². The minimum Gasteiger partial charge on any atom is -0.295 e. The lowest BCUT2D eigenvalue weighted by Crippen LogP contribution is -2.46. The number of pyridine rings is 1. The Morgan fingerprint density at radius 2 is 2.07 bits per heavy atom. The molecule has 0 amide bonds. The number of rotatable bonds is 4. The van der Waals surface area contributed by atoms with Gasteiger partial charge in [-0.25, -0.2) is 4.52 Å². The molecule has 7 heteroatoms. The van der Waals surface area contributed by atoms with E-state index in [1.807, 2.05) is 15.9 Å². The van der Waals surface area contributed by atoms with Crippen LogP contribution in [0.2, 0.25) is 0 Å². The lowest BCUT2D eigenvalue weighted by molar-refractivity contribution is 0.0896. The maximum atomic E-state index is 4.57. The zero-order chi connectivity index (χ0) is 18.2. The highest BCUT2D eigenvalue weighted by Gasteiger charge is 2.29. The zero-order valence-electron chi connectivity index (χ0n) is 15.2. The van der Waals surface area contributed by atoms with E-state index >= 15 is 0 Å². The Morgan fingerprint density at radius 3 is 2.89 bits per heavy atom. The van der Waals surface area contributed by atoms with Gasteiger partial charge in [-0.2, -0.15) is 11.3 Å². The van der Waals surface area contributed by atoms with Gasteiger partial charge in [-0.3, -0.25) is 9.80 Å². The second-order valence-electron chi connectivity index (χ2n) is 7.05. The Bertz CT molecular complexity index is 1020. The van der Waals surface area contributed by atoms with Crippen LogP contribution >= 0.6 is 22.7 Å². The summed E-state index contributed by atoms with van der Waals surface area (Å²) >= 11 is 3.55. The molecular formula is C20H21N5S2. The van der Waals surface area contributed by atoms with Crippen molar-refractivity contribution in [3.63, 3.8) is 0 Å². The molecule has 1 atom stereocenters. The molecule has 0 saturated carbocycles. The molecule has 1 aliphatic heterocycles. The van der Waals surface area contributed by atoms with Gasteiger partial charge in [-0.15, -0.1) is 16.4 Å². The molecule has 0 bridgehead atoms. The summed E-state index contributed by atoms with van der Waals surface area (Å²) in [4.78, 5) is 6.36. The van der Waals surface area contributed by atoms with E-state index in [-0.39, 0.29) is 6.04 Å². The zero-order valence-corrected chi connectivity index (χ0v) is 16.8. The van der Waals surface area contributed by atoms with Crippen molar-refractivity contribution in [3.8, 4) is 11.1 Å². The Hall–Kier alpha value is -2.06. The summed E-state index contributed by atoms with van der Waals surface area (Å²) in [7, 11) is 2.19. The minimum absolute atomic E-state index is 0.267. The van der Waals surface area contributed by atoms with Crippen molar-refractivity contribution in [2.45, 2.75) is 12.6 Å². The van der Waals surface area contributed by atoms with E-state index < -0.39 is 0 Å². The smallest absolute Gasteiger partial charge is 0.109 e. The molecule has 0 aliphatic carbocycles. The van der Waals surface area contributed by atoms with Gasteiger partial charge >= 0.3 is 0 Å². The highest BCUT2D eigenvalue weighted by Crippen LogP contribution is 2.29. The number of likely N-dealkylation sites (N-methyl/N-ethyl adjacent to an activating group) is 1. The van der Waals surface area contributed by atoms with Crippen LogP contribution in [-0.4, -0.2) is 51.3 Å². The number of thiophene rings is 2. The highest BCUT2D eigenvalue weighted by molar-refractivity contribution is 7.09. The van der Waals surface area contributed by atoms with E-state index in [2.05, 4.69) is 79.8 Å². The second kappa shape index (κ2) is 7.16. The Morgan fingerprint density at radius 1 is 1.11 bits per heavy atom. The quantitative estimate of drug-likeness (QED) is 0.523. The van der Waals surface area contributed by atoms with Crippen molar-refractivity contribution in [3.05, 3.63) is 63.2 Å². The van der Waals surface area contributed by atoms with E-state index in [4.69, 9.17) is 0 Å². The Labute approximate surface area is 166 Å². The van der Waals surface area contributed by atoms with Crippen LogP contribution in [0.5, 0.6) is 0 Å². The third-order valence-corrected chi connectivity index (χ3v) is 6.85. The van der Waals surface area contributed by atoms with Crippen LogP contribution in [0.4, 0.5) is 0 Å². The number of aromatic nitrogens is 3. The summed E-state index contributed by atoms with van der Waals surface area (Å²) in [6.07, 6.45) is 2.08. The van der Waals surface area contributed by atoms with Crippen LogP contribution in [0.15, 0.2) is 52.7 Å². The lowest BCUT2D eigenvalue weighted by atomic mass is 10.1. The molecule has 5 nitrogen and oxygen atoms in total. The standard InChI is InChI=1S/C20H21N5S2/c1-23-7-8-24(12-17-3-2-9-27-17)13-19(23)20-18-5-4-15(11-25(18)22-21-20)16-6-10-26-14-16/h2-6,9-11,14,19H,7-8,12-13H2,1H3/t19-/m0/s1. The van der Waals surface area contributed by atoms with E-state index in [0.29, 0.717) is 0 Å². The largest absolute Gasteiger partial charge is 0.295 e. The molecule has 5 rings (SSSR count). The summed E-state index contributed by atoms with van der Waals surface area (Å²) < 4.78 is 1.92. The number of hydrogen-bond acceptors (Lipinski definition) is 6. The molecule has 0 spiro atoms. The summed E-state index contributed by atoms with van der Waals surface area (Å²) in [6.45, 7) is 4.13. The van der Waals surface area contributed by atoms with Crippen LogP contribution in [0.3, 0.4) is 0 Å². The summed E-state index contributed by atoms with van der Waals surface area (Å²) in [5, 5.41) is 15.4. The lowest BCUT2D eigenvalue weighted by Gasteiger charge is -2.38. The summed E-state index contributed by atoms with van der Waals surface area (Å²) in [5.41, 5.74) is 4.58. The van der Waals surface area contributed by atoms with Crippen LogP contribution in [0.25, 0.3) is 16.6 Å². The van der Waals surface area contributed by atoms with Gasteiger partial charge in [0.15, 0.2) is 0 Å². The SMILES string of the molecule is CN1CCN(Cc2cccs2)C[C@H]1c1nnn2cc(-c3ccsc3)ccc12. The van der Waals surface area contributed by atoms with Gasteiger partial charge in [0.05, 0.1) is 11.6 Å². The molecule has 1 saturated heterocycles. The molecule has 1 aliphatic rings. The molecule has 5 heterocycles. The fourth-order valence-corrected chi connectivity index (χ4v) is 5.15. The van der Waals surface area contributed by atoms with E-state index in [1.165, 1.54) is 16.0 Å². The van der Waals surface area contributed by atoms with Crippen LogP contribution in [0, 0.1) is 0 Å². The fraction of sp³-hybridized carbons (Fsp3) is 0.300. The van der Waals surface area contributed by atoms with Gasteiger partial charge in [-0.05, 0) is 47.0 Å². The van der Waals surface area contributed by atoms with Crippen molar-refractivity contribution in [1.82, 2.24) is 24.6 Å². The molecule has 27 heavy (non-hydrogen) atoms. The molecular weight excluding hydrogens is 374 g/mol. The maximum absolute atomic E-state index is 4.57. The van der Waals surface area contributed by atoms with Crippen molar-refractivity contribution < 1.29 is 0 Å². The molecule has 0 aromatic carbocycles. The average molecular weight is 396 g/mol. The number of fused-ring (bicyclic) bond motifs is 1. The molecule has 0 unspecified atom stereocenters. The molecule has 4 aromatic heterocycles. The summed E-state index contributed by atoms with van der Waals surface area (Å²) in [6, 6.07) is 11.1. The van der Waals surface area contributed by atoms with E-state index in [9.17, 15) is 0 Å².